The zero-order valence-electron chi connectivity index (χ0n) is 10.8. The Morgan fingerprint density at radius 2 is 1.94 bits per heavy atom. The fourth-order valence-electron chi connectivity index (χ4n) is 1.39. The fraction of sp³-hybridized carbons (Fsp3) is 0.462. The van der Waals surface area contributed by atoms with E-state index in [0.29, 0.717) is 19.6 Å². The molecule has 18 heavy (non-hydrogen) atoms. The van der Waals surface area contributed by atoms with Gasteiger partial charge in [-0.25, -0.2) is 0 Å². The Bertz CT molecular complexity index is 374. The molecule has 0 saturated carbocycles. The van der Waals surface area contributed by atoms with Gasteiger partial charge in [-0.15, -0.1) is 0 Å². The summed E-state index contributed by atoms with van der Waals surface area (Å²) in [5.74, 6) is 0.972. The second-order valence-corrected chi connectivity index (χ2v) is 4.18. The number of hydrogen-bond acceptors (Lipinski definition) is 4. The van der Waals surface area contributed by atoms with Crippen molar-refractivity contribution < 1.29 is 14.7 Å². The maximum Gasteiger partial charge on any atom is 0.143 e. The van der Waals surface area contributed by atoms with E-state index in [1.165, 1.54) is 0 Å². The largest absolute Gasteiger partial charge is 0.491 e. The maximum atomic E-state index is 8.46. The third kappa shape index (κ3) is 5.54. The van der Waals surface area contributed by atoms with Crippen molar-refractivity contribution >= 4 is 5.84 Å². The Morgan fingerprint density at radius 3 is 2.50 bits per heavy atom. The van der Waals surface area contributed by atoms with E-state index in [4.69, 9.17) is 20.4 Å². The monoisotopic (exact) mass is 252 g/mol. The third-order valence-electron chi connectivity index (χ3n) is 2.24. The van der Waals surface area contributed by atoms with Gasteiger partial charge in [-0.1, -0.05) is 17.3 Å². The lowest BCUT2D eigenvalue weighted by atomic mass is 10.1. The lowest BCUT2D eigenvalue weighted by Crippen LogP contribution is -2.14. The molecule has 0 atom stereocenters. The van der Waals surface area contributed by atoms with Crippen LogP contribution in [0.3, 0.4) is 0 Å². The van der Waals surface area contributed by atoms with Gasteiger partial charge < -0.3 is 20.4 Å². The first-order valence-electron chi connectivity index (χ1n) is 5.91. The van der Waals surface area contributed by atoms with Crippen molar-refractivity contribution in [3.05, 3.63) is 29.8 Å². The second-order valence-electron chi connectivity index (χ2n) is 4.18. The van der Waals surface area contributed by atoms with Crippen molar-refractivity contribution in [2.45, 2.75) is 26.4 Å². The van der Waals surface area contributed by atoms with Crippen molar-refractivity contribution in [1.29, 1.82) is 0 Å². The van der Waals surface area contributed by atoms with E-state index in [0.717, 1.165) is 11.3 Å². The van der Waals surface area contributed by atoms with Crippen LogP contribution in [0.5, 0.6) is 5.75 Å². The zero-order valence-corrected chi connectivity index (χ0v) is 10.8. The van der Waals surface area contributed by atoms with Gasteiger partial charge in [0.2, 0.25) is 0 Å². The first kappa shape index (κ1) is 14.3. The zero-order chi connectivity index (χ0) is 13.4. The van der Waals surface area contributed by atoms with E-state index in [1.54, 1.807) is 0 Å². The van der Waals surface area contributed by atoms with E-state index in [-0.39, 0.29) is 11.9 Å². The van der Waals surface area contributed by atoms with Crippen molar-refractivity contribution in [1.82, 2.24) is 0 Å². The van der Waals surface area contributed by atoms with Gasteiger partial charge in [0, 0.05) is 6.42 Å². The van der Waals surface area contributed by atoms with Crippen molar-refractivity contribution in [2.75, 3.05) is 13.2 Å². The van der Waals surface area contributed by atoms with Crippen molar-refractivity contribution in [3.63, 3.8) is 0 Å². The molecular weight excluding hydrogens is 232 g/mol. The summed E-state index contributed by atoms with van der Waals surface area (Å²) < 4.78 is 10.9. The smallest absolute Gasteiger partial charge is 0.143 e. The van der Waals surface area contributed by atoms with Crippen LogP contribution < -0.4 is 10.5 Å². The van der Waals surface area contributed by atoms with Crippen LogP contribution in [0.15, 0.2) is 29.4 Å². The fourth-order valence-corrected chi connectivity index (χ4v) is 1.39. The van der Waals surface area contributed by atoms with Crippen LogP contribution in [0.25, 0.3) is 0 Å². The van der Waals surface area contributed by atoms with Gasteiger partial charge in [-0.3, -0.25) is 0 Å². The molecule has 5 heteroatoms. The lowest BCUT2D eigenvalue weighted by Gasteiger charge is -2.09. The predicted molar refractivity (Wildman–Crippen MR) is 70.1 cm³/mol. The van der Waals surface area contributed by atoms with Crippen LogP contribution in [0.1, 0.15) is 19.4 Å². The number of nitrogens with zero attached hydrogens (tertiary/aromatic N) is 1. The van der Waals surface area contributed by atoms with Crippen LogP contribution in [0, 0.1) is 0 Å². The highest BCUT2D eigenvalue weighted by Gasteiger charge is 1.99. The number of ether oxygens (including phenoxy) is 2. The standard InChI is InChI=1S/C13H20N2O3/c1-10(2)17-7-8-18-12-5-3-11(4-6-12)9-13(14)15-16/h3-6,10,16H,7-9H2,1-2H3,(H2,14,15). The summed E-state index contributed by atoms with van der Waals surface area (Å²) in [5, 5.41) is 11.4. The number of amidine groups is 1. The summed E-state index contributed by atoms with van der Waals surface area (Å²) in [6, 6.07) is 7.48. The number of hydrogen-bond donors (Lipinski definition) is 2. The summed E-state index contributed by atoms with van der Waals surface area (Å²) >= 11 is 0. The predicted octanol–water partition coefficient (Wildman–Crippen LogP) is 1.78. The summed E-state index contributed by atoms with van der Waals surface area (Å²) in [7, 11) is 0. The Morgan fingerprint density at radius 1 is 1.28 bits per heavy atom. The first-order valence-corrected chi connectivity index (χ1v) is 5.91. The highest BCUT2D eigenvalue weighted by molar-refractivity contribution is 5.81. The summed E-state index contributed by atoms with van der Waals surface area (Å²) in [6.45, 7) is 5.07. The minimum Gasteiger partial charge on any atom is -0.491 e. The molecule has 0 heterocycles. The van der Waals surface area contributed by atoms with Crippen LogP contribution in [-0.4, -0.2) is 30.4 Å². The Hall–Kier alpha value is -1.75. The van der Waals surface area contributed by atoms with Gasteiger partial charge in [0.25, 0.3) is 0 Å². The first-order chi connectivity index (χ1) is 8.61. The molecule has 1 rings (SSSR count). The van der Waals surface area contributed by atoms with Gasteiger partial charge in [-0.05, 0) is 31.5 Å². The topological polar surface area (TPSA) is 77.1 Å². The molecule has 0 amide bonds. The Balaban J connectivity index is 2.36. The molecule has 1 aromatic rings. The van der Waals surface area contributed by atoms with Crippen molar-refractivity contribution in [3.8, 4) is 5.75 Å². The number of oxime groups is 1. The summed E-state index contributed by atoms with van der Waals surface area (Å²) in [4.78, 5) is 0. The average Bonchev–Trinajstić information content (AvgIpc) is 2.36. The molecule has 0 unspecified atom stereocenters. The molecule has 5 nitrogen and oxygen atoms in total. The summed E-state index contributed by atoms with van der Waals surface area (Å²) in [5.41, 5.74) is 6.39. The quantitative estimate of drug-likeness (QED) is 0.255. The third-order valence-corrected chi connectivity index (χ3v) is 2.24. The molecule has 100 valence electrons. The maximum absolute atomic E-state index is 8.46. The number of benzene rings is 1. The van der Waals surface area contributed by atoms with E-state index in [2.05, 4.69) is 5.16 Å². The Kier molecular flexibility index (Phi) is 6.00. The van der Waals surface area contributed by atoms with E-state index < -0.39 is 0 Å². The number of nitrogens with two attached hydrogens (primary N) is 1. The molecule has 0 saturated heterocycles. The Labute approximate surface area is 107 Å². The van der Waals surface area contributed by atoms with E-state index >= 15 is 0 Å². The molecule has 0 radical (unpaired) electrons. The molecule has 0 bridgehead atoms. The highest BCUT2D eigenvalue weighted by atomic mass is 16.5. The van der Waals surface area contributed by atoms with E-state index in [9.17, 15) is 0 Å². The normalized spacial score (nSPS) is 11.8. The summed E-state index contributed by atoms with van der Waals surface area (Å²) in [6.07, 6.45) is 0.643. The number of rotatable bonds is 7. The van der Waals surface area contributed by atoms with Crippen LogP contribution in [0.4, 0.5) is 0 Å². The second kappa shape index (κ2) is 7.55. The molecule has 1 aromatic carbocycles. The van der Waals surface area contributed by atoms with Gasteiger partial charge in [-0.2, -0.15) is 0 Å². The molecule has 0 aliphatic carbocycles. The minimum absolute atomic E-state index is 0.189. The molecule has 0 aliphatic rings. The van der Waals surface area contributed by atoms with Crippen LogP contribution in [0.2, 0.25) is 0 Å². The van der Waals surface area contributed by atoms with Crippen LogP contribution >= 0.6 is 0 Å². The van der Waals surface area contributed by atoms with Crippen LogP contribution in [-0.2, 0) is 11.2 Å². The average molecular weight is 252 g/mol. The van der Waals surface area contributed by atoms with Gasteiger partial charge in [0.05, 0.1) is 12.7 Å². The minimum atomic E-state index is 0.189. The van der Waals surface area contributed by atoms with Gasteiger partial charge in [0.15, 0.2) is 0 Å². The van der Waals surface area contributed by atoms with Gasteiger partial charge in [0.1, 0.15) is 18.2 Å². The molecule has 0 aromatic heterocycles. The lowest BCUT2D eigenvalue weighted by molar-refractivity contribution is 0.0552. The molecular formula is C13H20N2O3. The highest BCUT2D eigenvalue weighted by Crippen LogP contribution is 2.12. The molecule has 0 fully saturated rings. The molecule has 0 aliphatic heterocycles. The SMILES string of the molecule is CC(C)OCCOc1ccc(C/C(N)=N/O)cc1. The van der Waals surface area contributed by atoms with E-state index in [1.807, 2.05) is 38.1 Å². The van der Waals surface area contributed by atoms with Crippen molar-refractivity contribution in [2.24, 2.45) is 10.9 Å². The van der Waals surface area contributed by atoms with Gasteiger partial charge >= 0.3 is 0 Å². The molecule has 3 N–H and O–H groups in total. The molecule has 0 spiro atoms.